The largest absolute Gasteiger partial charge is 0.356 e. The smallest absolute Gasteiger partial charge is 0.190 e. The summed E-state index contributed by atoms with van der Waals surface area (Å²) >= 11 is 0. The molecule has 5 heteroatoms. The third-order valence-corrected chi connectivity index (χ3v) is 5.13. The molecule has 0 fully saturated rings. The van der Waals surface area contributed by atoms with Crippen molar-refractivity contribution in [2.45, 2.75) is 52.9 Å². The van der Waals surface area contributed by atoms with E-state index in [0.29, 0.717) is 5.92 Å². The lowest BCUT2D eigenvalue weighted by Crippen LogP contribution is -2.38. The van der Waals surface area contributed by atoms with E-state index in [4.69, 9.17) is 0 Å². The number of aromatic nitrogens is 2. The Kier molecular flexibility index (Phi) is 7.89. The summed E-state index contributed by atoms with van der Waals surface area (Å²) in [7, 11) is 3.82. The Balaban J connectivity index is 1.69. The van der Waals surface area contributed by atoms with Gasteiger partial charge in [-0.2, -0.15) is 5.10 Å². The second kappa shape index (κ2) is 10.1. The number of aliphatic imine (C=N–C) groups is 1. The number of rotatable bonds is 8. The molecule has 148 valence electrons. The van der Waals surface area contributed by atoms with Gasteiger partial charge in [0.2, 0.25) is 0 Å². The lowest BCUT2D eigenvalue weighted by Gasteiger charge is -2.12. The molecule has 0 radical (unpaired) electrons. The fraction of sp³-hybridized carbons (Fsp3) is 0.545. The van der Waals surface area contributed by atoms with Gasteiger partial charge in [-0.1, -0.05) is 38.1 Å². The van der Waals surface area contributed by atoms with Crippen molar-refractivity contribution >= 4 is 5.96 Å². The first-order chi connectivity index (χ1) is 12.9. The lowest BCUT2D eigenvalue weighted by atomic mass is 10.0. The Labute approximate surface area is 164 Å². The van der Waals surface area contributed by atoms with Crippen LogP contribution in [-0.4, -0.2) is 35.9 Å². The van der Waals surface area contributed by atoms with Gasteiger partial charge in [0, 0.05) is 32.9 Å². The molecule has 0 aliphatic carbocycles. The Morgan fingerprint density at radius 1 is 1.07 bits per heavy atom. The number of nitrogens with zero attached hydrogens (tertiary/aromatic N) is 3. The normalized spacial score (nSPS) is 11.9. The van der Waals surface area contributed by atoms with Crippen molar-refractivity contribution in [3.63, 3.8) is 0 Å². The first-order valence-electron chi connectivity index (χ1n) is 9.94. The van der Waals surface area contributed by atoms with Gasteiger partial charge in [-0.25, -0.2) is 0 Å². The van der Waals surface area contributed by atoms with Gasteiger partial charge in [0.15, 0.2) is 5.96 Å². The average molecular weight is 370 g/mol. The molecule has 1 heterocycles. The summed E-state index contributed by atoms with van der Waals surface area (Å²) in [5.74, 6) is 1.46. The monoisotopic (exact) mass is 369 g/mol. The highest BCUT2D eigenvalue weighted by Gasteiger charge is 2.09. The summed E-state index contributed by atoms with van der Waals surface area (Å²) in [6.45, 7) is 10.4. The first kappa shape index (κ1) is 21.0. The predicted molar refractivity (Wildman–Crippen MR) is 115 cm³/mol. The maximum atomic E-state index is 4.48. The molecule has 0 bridgehead atoms. The maximum Gasteiger partial charge on any atom is 0.190 e. The fourth-order valence-corrected chi connectivity index (χ4v) is 3.27. The third-order valence-electron chi connectivity index (χ3n) is 5.13. The molecule has 2 rings (SSSR count). The van der Waals surface area contributed by atoms with Crippen LogP contribution in [0.1, 0.15) is 54.3 Å². The fourth-order valence-electron chi connectivity index (χ4n) is 3.27. The highest BCUT2D eigenvalue weighted by atomic mass is 15.3. The van der Waals surface area contributed by atoms with E-state index in [0.717, 1.165) is 44.0 Å². The van der Waals surface area contributed by atoms with Crippen LogP contribution in [-0.2, 0) is 19.9 Å². The van der Waals surface area contributed by atoms with Crippen LogP contribution in [0.15, 0.2) is 29.3 Å². The van der Waals surface area contributed by atoms with Crippen LogP contribution in [0.25, 0.3) is 0 Å². The Bertz CT molecular complexity index is 741. The zero-order valence-electron chi connectivity index (χ0n) is 17.8. The second-order valence-electron chi connectivity index (χ2n) is 7.45. The van der Waals surface area contributed by atoms with Gasteiger partial charge in [-0.15, -0.1) is 0 Å². The van der Waals surface area contributed by atoms with Crippen molar-refractivity contribution in [2.75, 3.05) is 20.1 Å². The number of hydrogen-bond donors (Lipinski definition) is 2. The summed E-state index contributed by atoms with van der Waals surface area (Å²) in [4.78, 5) is 4.32. The zero-order valence-corrected chi connectivity index (χ0v) is 17.8. The SMILES string of the molecule is CN=C(NCCCc1ccc(C(C)C)cc1)NCCc1c(C)nn(C)c1C. The van der Waals surface area contributed by atoms with Gasteiger partial charge < -0.3 is 10.6 Å². The summed E-state index contributed by atoms with van der Waals surface area (Å²) in [5.41, 5.74) is 6.47. The molecule has 27 heavy (non-hydrogen) atoms. The summed E-state index contributed by atoms with van der Waals surface area (Å²) in [5, 5.41) is 11.3. The van der Waals surface area contributed by atoms with E-state index in [1.807, 2.05) is 18.8 Å². The molecular formula is C22H35N5. The van der Waals surface area contributed by atoms with Crippen LogP contribution in [0, 0.1) is 13.8 Å². The van der Waals surface area contributed by atoms with Gasteiger partial charge in [0.1, 0.15) is 0 Å². The number of aryl methyl sites for hydroxylation is 3. The van der Waals surface area contributed by atoms with Crippen molar-refractivity contribution in [1.82, 2.24) is 20.4 Å². The van der Waals surface area contributed by atoms with Gasteiger partial charge in [-0.3, -0.25) is 9.67 Å². The molecular weight excluding hydrogens is 334 g/mol. The molecule has 0 aliphatic rings. The maximum absolute atomic E-state index is 4.48. The van der Waals surface area contributed by atoms with Crippen LogP contribution in [0.5, 0.6) is 0 Å². The van der Waals surface area contributed by atoms with Crippen molar-refractivity contribution < 1.29 is 0 Å². The van der Waals surface area contributed by atoms with Crippen LogP contribution in [0.4, 0.5) is 0 Å². The molecule has 0 amide bonds. The molecule has 2 aromatic rings. The van der Waals surface area contributed by atoms with Crippen molar-refractivity contribution in [3.8, 4) is 0 Å². The summed E-state index contributed by atoms with van der Waals surface area (Å²) in [6.07, 6.45) is 3.12. The van der Waals surface area contributed by atoms with Crippen LogP contribution < -0.4 is 10.6 Å². The van der Waals surface area contributed by atoms with E-state index < -0.39 is 0 Å². The topological polar surface area (TPSA) is 54.2 Å². The molecule has 0 aliphatic heterocycles. The molecule has 2 N–H and O–H groups in total. The molecule has 5 nitrogen and oxygen atoms in total. The van der Waals surface area contributed by atoms with Crippen molar-refractivity contribution in [2.24, 2.45) is 12.0 Å². The van der Waals surface area contributed by atoms with Gasteiger partial charge >= 0.3 is 0 Å². The minimum Gasteiger partial charge on any atom is -0.356 e. The third kappa shape index (κ3) is 6.12. The Morgan fingerprint density at radius 2 is 1.74 bits per heavy atom. The van der Waals surface area contributed by atoms with E-state index in [-0.39, 0.29) is 0 Å². The molecule has 1 aromatic heterocycles. The van der Waals surface area contributed by atoms with E-state index in [2.05, 4.69) is 72.7 Å². The van der Waals surface area contributed by atoms with Crippen LogP contribution >= 0.6 is 0 Å². The number of guanidine groups is 1. The van der Waals surface area contributed by atoms with E-state index in [9.17, 15) is 0 Å². The molecule has 0 unspecified atom stereocenters. The minimum absolute atomic E-state index is 0.592. The predicted octanol–water partition coefficient (Wildman–Crippen LogP) is 3.50. The molecule has 0 saturated heterocycles. The molecule has 1 aromatic carbocycles. The lowest BCUT2D eigenvalue weighted by molar-refractivity contribution is 0.726. The second-order valence-corrected chi connectivity index (χ2v) is 7.45. The zero-order chi connectivity index (χ0) is 19.8. The molecule has 0 atom stereocenters. The first-order valence-corrected chi connectivity index (χ1v) is 9.94. The van der Waals surface area contributed by atoms with Crippen molar-refractivity contribution in [1.29, 1.82) is 0 Å². The van der Waals surface area contributed by atoms with Gasteiger partial charge in [-0.05, 0) is 55.7 Å². The molecule has 0 saturated carbocycles. The van der Waals surface area contributed by atoms with E-state index in [1.54, 1.807) is 0 Å². The van der Waals surface area contributed by atoms with Gasteiger partial charge in [0.05, 0.1) is 5.69 Å². The summed E-state index contributed by atoms with van der Waals surface area (Å²) in [6, 6.07) is 8.99. The number of hydrogen-bond acceptors (Lipinski definition) is 2. The Morgan fingerprint density at radius 3 is 2.30 bits per heavy atom. The van der Waals surface area contributed by atoms with E-state index >= 15 is 0 Å². The summed E-state index contributed by atoms with van der Waals surface area (Å²) < 4.78 is 1.95. The average Bonchev–Trinajstić information content (AvgIpc) is 2.89. The number of nitrogens with one attached hydrogen (secondary N) is 2. The molecule has 0 spiro atoms. The minimum atomic E-state index is 0.592. The van der Waals surface area contributed by atoms with Crippen LogP contribution in [0.2, 0.25) is 0 Å². The Hall–Kier alpha value is -2.30. The highest BCUT2D eigenvalue weighted by Crippen LogP contribution is 2.15. The highest BCUT2D eigenvalue weighted by molar-refractivity contribution is 5.79. The number of benzene rings is 1. The van der Waals surface area contributed by atoms with E-state index in [1.165, 1.54) is 22.4 Å². The van der Waals surface area contributed by atoms with Crippen LogP contribution in [0.3, 0.4) is 0 Å². The quantitative estimate of drug-likeness (QED) is 0.425. The van der Waals surface area contributed by atoms with Crippen molar-refractivity contribution in [3.05, 3.63) is 52.3 Å². The van der Waals surface area contributed by atoms with Gasteiger partial charge in [0.25, 0.3) is 0 Å². The standard InChI is InChI=1S/C22H35N5/c1-16(2)20-11-9-19(10-12-20)8-7-14-24-22(23-5)25-15-13-21-17(3)26-27(6)18(21)4/h9-12,16H,7-8,13-15H2,1-6H3,(H2,23,24,25).